The Bertz CT molecular complexity index is 779. The second-order valence-electron chi connectivity index (χ2n) is 14.7. The van der Waals surface area contributed by atoms with Gasteiger partial charge in [0.25, 0.3) is 0 Å². The average molecular weight is 472 g/mol. The van der Waals surface area contributed by atoms with Crippen molar-refractivity contribution in [3.8, 4) is 0 Å². The van der Waals surface area contributed by atoms with E-state index in [2.05, 4.69) is 66.7 Å². The van der Waals surface area contributed by atoms with Crippen LogP contribution in [0.25, 0.3) is 0 Å². The monoisotopic (exact) mass is 471 g/mol. The van der Waals surface area contributed by atoms with Gasteiger partial charge in [0.05, 0.1) is 34.2 Å². The number of fused-ring (bicyclic) bond motifs is 5. The van der Waals surface area contributed by atoms with Crippen molar-refractivity contribution < 1.29 is 9.28 Å². The largest absolute Gasteiger partial charge is 0.329 e. The Morgan fingerprint density at radius 2 is 1.76 bits per heavy atom. The van der Waals surface area contributed by atoms with E-state index in [9.17, 15) is 4.79 Å². The Morgan fingerprint density at radius 1 is 1.03 bits per heavy atom. The van der Waals surface area contributed by atoms with Gasteiger partial charge in [0, 0.05) is 17.5 Å². The summed E-state index contributed by atoms with van der Waals surface area (Å²) in [4.78, 5) is 15.2. The van der Waals surface area contributed by atoms with Crippen LogP contribution in [0.4, 0.5) is 0 Å². The number of likely N-dealkylation sites (N-methyl/N-ethyl adjacent to an activating group) is 1. The van der Waals surface area contributed by atoms with Gasteiger partial charge >= 0.3 is 0 Å². The summed E-state index contributed by atoms with van der Waals surface area (Å²) in [6.07, 6.45) is 15.5. The Morgan fingerprint density at radius 3 is 2.44 bits per heavy atom. The highest BCUT2D eigenvalue weighted by Gasteiger charge is 2.60. The molecule has 1 amide bonds. The zero-order valence-electron chi connectivity index (χ0n) is 23.8. The van der Waals surface area contributed by atoms with Crippen LogP contribution in [0.3, 0.4) is 0 Å². The molecule has 3 nitrogen and oxygen atoms in total. The van der Waals surface area contributed by atoms with Gasteiger partial charge in [-0.1, -0.05) is 60.0 Å². The molecule has 0 aromatic heterocycles. The van der Waals surface area contributed by atoms with E-state index in [1.54, 1.807) is 0 Å². The molecule has 7 atom stereocenters. The summed E-state index contributed by atoms with van der Waals surface area (Å²) < 4.78 is 0.914. The number of quaternary nitrogens is 1. The summed E-state index contributed by atoms with van der Waals surface area (Å²) in [5.41, 5.74) is 2.14. The number of carbonyl (C=O) groups is 1. The van der Waals surface area contributed by atoms with Gasteiger partial charge in [-0.25, -0.2) is 0 Å². The number of hydrogen-bond acceptors (Lipinski definition) is 1. The highest BCUT2D eigenvalue weighted by molar-refractivity contribution is 5.80. The molecule has 0 aromatic rings. The van der Waals surface area contributed by atoms with Gasteiger partial charge in [0.1, 0.15) is 0 Å². The number of likely N-dealkylation sites (tertiary alicyclic amines) is 1. The molecule has 7 unspecified atom stereocenters. The van der Waals surface area contributed by atoms with Crippen molar-refractivity contribution in [2.24, 2.45) is 46.3 Å². The second-order valence-corrected chi connectivity index (χ2v) is 14.7. The van der Waals surface area contributed by atoms with Crippen LogP contribution < -0.4 is 0 Å². The van der Waals surface area contributed by atoms with Crippen molar-refractivity contribution in [3.63, 3.8) is 0 Å². The topological polar surface area (TPSA) is 20.3 Å². The SMILES string of the molecule is CC(C)CCCC(C)C1CCC2C3CC=C4N(CC[N+](C)(C)C)C(=O)CCC4(C)C3CCC12C. The van der Waals surface area contributed by atoms with Crippen molar-refractivity contribution in [3.05, 3.63) is 11.8 Å². The molecule has 3 aliphatic carbocycles. The molecular formula is C31H55N2O+. The lowest BCUT2D eigenvalue weighted by Crippen LogP contribution is -2.55. The van der Waals surface area contributed by atoms with Crippen LogP contribution in [0.2, 0.25) is 0 Å². The molecule has 1 aliphatic heterocycles. The summed E-state index contributed by atoms with van der Waals surface area (Å²) in [5.74, 6) is 5.46. The van der Waals surface area contributed by atoms with Gasteiger partial charge in [0.2, 0.25) is 5.91 Å². The normalized spacial score (nSPS) is 38.9. The minimum atomic E-state index is 0.198. The predicted octanol–water partition coefficient (Wildman–Crippen LogP) is 7.13. The summed E-state index contributed by atoms with van der Waals surface area (Å²) >= 11 is 0. The minimum Gasteiger partial charge on any atom is -0.329 e. The third-order valence-corrected chi connectivity index (χ3v) is 11.1. The smallest absolute Gasteiger partial charge is 0.226 e. The van der Waals surface area contributed by atoms with E-state index in [-0.39, 0.29) is 5.41 Å². The molecule has 0 aromatic carbocycles. The molecule has 194 valence electrons. The Hall–Kier alpha value is -0.830. The average Bonchev–Trinajstić information content (AvgIpc) is 3.09. The summed E-state index contributed by atoms with van der Waals surface area (Å²) in [6.45, 7) is 14.4. The van der Waals surface area contributed by atoms with Crippen molar-refractivity contribution in [1.29, 1.82) is 0 Å². The zero-order chi connectivity index (χ0) is 24.9. The molecule has 0 N–H and O–H groups in total. The van der Waals surface area contributed by atoms with E-state index in [1.807, 2.05) is 0 Å². The molecule has 3 fully saturated rings. The maximum absolute atomic E-state index is 13.0. The fraction of sp³-hybridized carbons (Fsp3) is 0.903. The number of allylic oxidation sites excluding steroid dienone is 2. The third-order valence-electron chi connectivity index (χ3n) is 11.1. The lowest BCUT2D eigenvalue weighted by atomic mass is 9.48. The van der Waals surface area contributed by atoms with Gasteiger partial charge < -0.3 is 9.38 Å². The van der Waals surface area contributed by atoms with Gasteiger partial charge in [-0.15, -0.1) is 0 Å². The van der Waals surface area contributed by atoms with E-state index in [0.29, 0.717) is 11.3 Å². The van der Waals surface area contributed by atoms with Crippen LogP contribution in [-0.2, 0) is 4.79 Å². The molecule has 34 heavy (non-hydrogen) atoms. The standard InChI is InChI=1S/C31H55N2O/c1-22(2)10-9-11-23(3)25-13-14-26-24-12-15-28-31(5,27(24)16-18-30(25,26)4)19-17-29(34)32(28)20-21-33(6,7)8/h15,22-27H,9-14,16-21H2,1-8H3/q+1. The maximum Gasteiger partial charge on any atom is 0.226 e. The van der Waals surface area contributed by atoms with Gasteiger partial charge in [-0.05, 0) is 79.4 Å². The predicted molar refractivity (Wildman–Crippen MR) is 143 cm³/mol. The molecule has 0 spiro atoms. The van der Waals surface area contributed by atoms with Crippen molar-refractivity contribution in [2.75, 3.05) is 34.2 Å². The number of carbonyl (C=O) groups excluding carboxylic acids is 1. The summed E-state index contributed by atoms with van der Waals surface area (Å²) in [6, 6.07) is 0. The van der Waals surface area contributed by atoms with Crippen molar-refractivity contribution >= 4 is 5.91 Å². The fourth-order valence-electron chi connectivity index (χ4n) is 9.12. The third kappa shape index (κ3) is 4.76. The molecular weight excluding hydrogens is 416 g/mol. The second kappa shape index (κ2) is 9.56. The summed E-state index contributed by atoms with van der Waals surface area (Å²) in [5, 5.41) is 0. The molecule has 4 aliphatic rings. The van der Waals surface area contributed by atoms with Crippen LogP contribution in [0, 0.1) is 46.3 Å². The first kappa shape index (κ1) is 26.2. The first-order valence-corrected chi connectivity index (χ1v) is 14.7. The van der Waals surface area contributed by atoms with E-state index >= 15 is 0 Å². The van der Waals surface area contributed by atoms with Gasteiger partial charge in [0.15, 0.2) is 0 Å². The highest BCUT2D eigenvalue weighted by Crippen LogP contribution is 2.67. The fourth-order valence-corrected chi connectivity index (χ4v) is 9.12. The van der Waals surface area contributed by atoms with E-state index in [4.69, 9.17) is 0 Å². The van der Waals surface area contributed by atoms with Crippen LogP contribution >= 0.6 is 0 Å². The Kier molecular flexibility index (Phi) is 7.38. The van der Waals surface area contributed by atoms with Crippen molar-refractivity contribution in [2.45, 2.75) is 98.8 Å². The van der Waals surface area contributed by atoms with E-state index in [0.717, 1.165) is 65.9 Å². The van der Waals surface area contributed by atoms with Crippen LogP contribution in [-0.4, -0.2) is 49.5 Å². The van der Waals surface area contributed by atoms with E-state index in [1.165, 1.54) is 57.1 Å². The molecule has 0 bridgehead atoms. The number of amides is 1. The van der Waals surface area contributed by atoms with Gasteiger partial charge in [-0.2, -0.15) is 0 Å². The molecule has 3 heteroatoms. The molecule has 0 radical (unpaired) electrons. The summed E-state index contributed by atoms with van der Waals surface area (Å²) in [7, 11) is 6.71. The quantitative estimate of drug-likeness (QED) is 0.345. The van der Waals surface area contributed by atoms with Crippen LogP contribution in [0.5, 0.6) is 0 Å². The van der Waals surface area contributed by atoms with E-state index < -0.39 is 0 Å². The molecule has 2 saturated carbocycles. The number of rotatable bonds is 8. The van der Waals surface area contributed by atoms with Crippen LogP contribution in [0.15, 0.2) is 11.8 Å². The highest BCUT2D eigenvalue weighted by atomic mass is 16.2. The zero-order valence-corrected chi connectivity index (χ0v) is 23.8. The molecule has 4 rings (SSSR count). The lowest BCUT2D eigenvalue weighted by Gasteiger charge is -2.59. The Labute approximate surface area is 211 Å². The number of piperidine rings is 1. The first-order chi connectivity index (χ1) is 15.9. The number of nitrogens with zero attached hydrogens (tertiary/aromatic N) is 2. The van der Waals surface area contributed by atoms with Gasteiger partial charge in [-0.3, -0.25) is 4.79 Å². The Balaban J connectivity index is 1.52. The lowest BCUT2D eigenvalue weighted by molar-refractivity contribution is -0.869. The van der Waals surface area contributed by atoms with Crippen molar-refractivity contribution in [1.82, 2.24) is 4.90 Å². The number of hydrogen-bond donors (Lipinski definition) is 0. The van der Waals surface area contributed by atoms with Crippen LogP contribution in [0.1, 0.15) is 98.8 Å². The first-order valence-electron chi connectivity index (χ1n) is 14.7. The molecule has 1 heterocycles. The maximum atomic E-state index is 13.0. The minimum absolute atomic E-state index is 0.198. The molecule has 1 saturated heterocycles.